The van der Waals surface area contributed by atoms with E-state index in [0.717, 1.165) is 0 Å². The lowest BCUT2D eigenvalue weighted by Gasteiger charge is -2.02. The molecule has 0 N–H and O–H groups in total. The molecule has 0 radical (unpaired) electrons. The van der Waals surface area contributed by atoms with Crippen LogP contribution in [0.3, 0.4) is 0 Å². The summed E-state index contributed by atoms with van der Waals surface area (Å²) in [6.07, 6.45) is 4.30. The number of hydrogen-bond acceptors (Lipinski definition) is 1. The third kappa shape index (κ3) is 0.966. The maximum absolute atomic E-state index is 4.27. The number of pyridine rings is 1. The second-order valence-electron chi connectivity index (χ2n) is 2.68. The molecule has 1 fully saturated rings. The van der Waals surface area contributed by atoms with Crippen molar-refractivity contribution in [3.8, 4) is 0 Å². The summed E-state index contributed by atoms with van der Waals surface area (Å²) < 4.78 is 0.244. The maximum Gasteiger partial charge on any atom is 0.0679 e. The van der Waals surface area contributed by atoms with Crippen molar-refractivity contribution in [3.05, 3.63) is 30.1 Å². The van der Waals surface area contributed by atoms with E-state index in [2.05, 4.69) is 27.0 Å². The van der Waals surface area contributed by atoms with Gasteiger partial charge in [0.15, 0.2) is 0 Å². The standard InChI is InChI=1S/C8H8BrN/c9-8(4-5-8)7-3-1-2-6-10-7/h1-3,6H,4-5H2. The highest BCUT2D eigenvalue weighted by molar-refractivity contribution is 9.09. The van der Waals surface area contributed by atoms with Crippen LogP contribution in [0.15, 0.2) is 24.4 Å². The van der Waals surface area contributed by atoms with Crippen LogP contribution in [0.4, 0.5) is 0 Å². The van der Waals surface area contributed by atoms with E-state index in [-0.39, 0.29) is 4.32 Å². The number of rotatable bonds is 1. The molecule has 0 bridgehead atoms. The molecule has 52 valence electrons. The van der Waals surface area contributed by atoms with E-state index < -0.39 is 0 Å². The van der Waals surface area contributed by atoms with Gasteiger partial charge in [-0.2, -0.15) is 0 Å². The Bertz CT molecular complexity index is 228. The smallest absolute Gasteiger partial charge is 0.0679 e. The van der Waals surface area contributed by atoms with Crippen LogP contribution in [0.5, 0.6) is 0 Å². The van der Waals surface area contributed by atoms with E-state index in [1.807, 2.05) is 18.3 Å². The molecule has 0 amide bonds. The first kappa shape index (κ1) is 6.35. The molecule has 1 saturated carbocycles. The summed E-state index contributed by atoms with van der Waals surface area (Å²) in [4.78, 5) is 4.27. The van der Waals surface area contributed by atoms with Gasteiger partial charge < -0.3 is 0 Å². The Kier molecular flexibility index (Phi) is 1.31. The summed E-state index contributed by atoms with van der Waals surface area (Å²) in [5, 5.41) is 0. The fourth-order valence-corrected chi connectivity index (χ4v) is 1.43. The normalized spacial score (nSPS) is 20.5. The quantitative estimate of drug-likeness (QED) is 0.631. The average Bonchev–Trinajstić information content (AvgIpc) is 2.72. The van der Waals surface area contributed by atoms with Gasteiger partial charge in [0.2, 0.25) is 0 Å². The van der Waals surface area contributed by atoms with Gasteiger partial charge in [-0.1, -0.05) is 22.0 Å². The summed E-state index contributed by atoms with van der Waals surface area (Å²) in [6.45, 7) is 0. The van der Waals surface area contributed by atoms with Crippen LogP contribution in [-0.4, -0.2) is 4.98 Å². The third-order valence-corrected chi connectivity index (χ3v) is 3.01. The highest BCUT2D eigenvalue weighted by Gasteiger charge is 2.42. The molecule has 2 rings (SSSR count). The van der Waals surface area contributed by atoms with Gasteiger partial charge in [-0.05, 0) is 25.0 Å². The first-order valence-electron chi connectivity index (χ1n) is 3.42. The summed E-state index contributed by atoms with van der Waals surface area (Å²) in [6, 6.07) is 6.05. The van der Waals surface area contributed by atoms with Gasteiger partial charge in [0.05, 0.1) is 10.0 Å². The van der Waals surface area contributed by atoms with Crippen molar-refractivity contribution in [1.82, 2.24) is 4.98 Å². The molecule has 1 aliphatic carbocycles. The molecule has 0 atom stereocenters. The van der Waals surface area contributed by atoms with Crippen molar-refractivity contribution in [3.63, 3.8) is 0 Å². The van der Waals surface area contributed by atoms with E-state index in [0.29, 0.717) is 0 Å². The van der Waals surface area contributed by atoms with Crippen LogP contribution < -0.4 is 0 Å². The predicted octanol–water partition coefficient (Wildman–Crippen LogP) is 2.47. The molecule has 0 aromatic carbocycles. The Hall–Kier alpha value is -0.370. The second-order valence-corrected chi connectivity index (χ2v) is 4.20. The van der Waals surface area contributed by atoms with E-state index in [4.69, 9.17) is 0 Å². The zero-order valence-electron chi connectivity index (χ0n) is 5.55. The Morgan fingerprint density at radius 3 is 2.70 bits per heavy atom. The molecule has 10 heavy (non-hydrogen) atoms. The number of hydrogen-bond donors (Lipinski definition) is 0. The molecule has 1 aliphatic rings. The predicted molar refractivity (Wildman–Crippen MR) is 44.1 cm³/mol. The van der Waals surface area contributed by atoms with E-state index in [1.54, 1.807) is 0 Å². The van der Waals surface area contributed by atoms with Crippen molar-refractivity contribution in [1.29, 1.82) is 0 Å². The highest BCUT2D eigenvalue weighted by Crippen LogP contribution is 2.52. The van der Waals surface area contributed by atoms with Crippen molar-refractivity contribution in [2.24, 2.45) is 0 Å². The second kappa shape index (κ2) is 2.06. The van der Waals surface area contributed by atoms with Crippen LogP contribution in [0.2, 0.25) is 0 Å². The molecule has 2 heteroatoms. The van der Waals surface area contributed by atoms with E-state index in [9.17, 15) is 0 Å². The minimum absolute atomic E-state index is 0.244. The Morgan fingerprint density at radius 1 is 1.40 bits per heavy atom. The zero-order valence-corrected chi connectivity index (χ0v) is 7.13. The number of alkyl halides is 1. The molecule has 1 nitrogen and oxygen atoms in total. The van der Waals surface area contributed by atoms with Gasteiger partial charge in [-0.3, -0.25) is 4.98 Å². The third-order valence-electron chi connectivity index (χ3n) is 1.81. The minimum atomic E-state index is 0.244. The van der Waals surface area contributed by atoms with E-state index >= 15 is 0 Å². The van der Waals surface area contributed by atoms with Crippen molar-refractivity contribution < 1.29 is 0 Å². The monoisotopic (exact) mass is 197 g/mol. The largest absolute Gasteiger partial charge is 0.260 e. The van der Waals surface area contributed by atoms with E-state index in [1.165, 1.54) is 18.5 Å². The summed E-state index contributed by atoms with van der Waals surface area (Å²) in [7, 11) is 0. The van der Waals surface area contributed by atoms with Gasteiger partial charge in [-0.15, -0.1) is 0 Å². The number of nitrogens with zero attached hydrogens (tertiary/aromatic N) is 1. The number of aromatic nitrogens is 1. The topological polar surface area (TPSA) is 12.9 Å². The first-order valence-corrected chi connectivity index (χ1v) is 4.21. The maximum atomic E-state index is 4.27. The van der Waals surface area contributed by atoms with Crippen LogP contribution >= 0.6 is 15.9 Å². The highest BCUT2D eigenvalue weighted by atomic mass is 79.9. The molecular formula is C8H8BrN. The average molecular weight is 198 g/mol. The SMILES string of the molecule is BrC1(c2ccccn2)CC1. The molecule has 1 aromatic heterocycles. The summed E-state index contributed by atoms with van der Waals surface area (Å²) in [5.41, 5.74) is 1.18. The summed E-state index contributed by atoms with van der Waals surface area (Å²) >= 11 is 3.64. The van der Waals surface area contributed by atoms with Crippen molar-refractivity contribution in [2.45, 2.75) is 17.2 Å². The Balaban J connectivity index is 2.35. The van der Waals surface area contributed by atoms with Crippen molar-refractivity contribution >= 4 is 15.9 Å². The molecule has 0 saturated heterocycles. The fraction of sp³-hybridized carbons (Fsp3) is 0.375. The van der Waals surface area contributed by atoms with Crippen LogP contribution in [0, 0.1) is 0 Å². The van der Waals surface area contributed by atoms with Gasteiger partial charge >= 0.3 is 0 Å². The first-order chi connectivity index (χ1) is 4.81. The zero-order chi connectivity index (χ0) is 7.03. The minimum Gasteiger partial charge on any atom is -0.260 e. The van der Waals surface area contributed by atoms with Gasteiger partial charge in [0.25, 0.3) is 0 Å². The Morgan fingerprint density at radius 2 is 2.20 bits per heavy atom. The van der Waals surface area contributed by atoms with Gasteiger partial charge in [0.1, 0.15) is 0 Å². The van der Waals surface area contributed by atoms with Crippen molar-refractivity contribution in [2.75, 3.05) is 0 Å². The Labute approximate surface area is 68.6 Å². The molecule has 1 aromatic rings. The molecule has 1 heterocycles. The lowest BCUT2D eigenvalue weighted by atomic mass is 10.2. The fourth-order valence-electron chi connectivity index (χ4n) is 0.994. The number of halogens is 1. The molecular weight excluding hydrogens is 190 g/mol. The molecule has 0 spiro atoms. The van der Waals surface area contributed by atoms with Gasteiger partial charge in [-0.25, -0.2) is 0 Å². The molecule has 0 unspecified atom stereocenters. The lowest BCUT2D eigenvalue weighted by molar-refractivity contribution is 0.971. The van der Waals surface area contributed by atoms with Crippen LogP contribution in [0.25, 0.3) is 0 Å². The van der Waals surface area contributed by atoms with Crippen LogP contribution in [-0.2, 0) is 4.32 Å². The summed E-state index contributed by atoms with van der Waals surface area (Å²) in [5.74, 6) is 0. The van der Waals surface area contributed by atoms with Crippen LogP contribution in [0.1, 0.15) is 18.5 Å². The van der Waals surface area contributed by atoms with Gasteiger partial charge in [0, 0.05) is 6.20 Å². The lowest BCUT2D eigenvalue weighted by Crippen LogP contribution is -1.96. The molecule has 0 aliphatic heterocycles.